The van der Waals surface area contributed by atoms with Crippen molar-refractivity contribution in [2.24, 2.45) is 0 Å². The van der Waals surface area contributed by atoms with Crippen LogP contribution in [0.1, 0.15) is 0 Å². The lowest BCUT2D eigenvalue weighted by atomic mass is 10.2. The lowest BCUT2D eigenvalue weighted by Crippen LogP contribution is -2.04. The highest BCUT2D eigenvalue weighted by Gasteiger charge is 2.07. The number of benzene rings is 1. The lowest BCUT2D eigenvalue weighted by Gasteiger charge is -2.05. The minimum absolute atomic E-state index is 0.113. The molecule has 1 aromatic carbocycles. The molecule has 6 nitrogen and oxygen atoms in total. The number of aliphatic hydroxyl groups excluding tert-OH is 1. The van der Waals surface area contributed by atoms with E-state index in [0.29, 0.717) is 12.3 Å². The first-order valence-electron chi connectivity index (χ1n) is 5.99. The largest absolute Gasteiger partial charge is 0.395 e. The Labute approximate surface area is 109 Å². The fourth-order valence-corrected chi connectivity index (χ4v) is 1.88. The molecule has 0 radical (unpaired) electrons. The van der Waals surface area contributed by atoms with Crippen molar-refractivity contribution < 1.29 is 5.11 Å². The van der Waals surface area contributed by atoms with Crippen LogP contribution in [0.2, 0.25) is 0 Å². The van der Waals surface area contributed by atoms with Crippen LogP contribution in [0, 0.1) is 0 Å². The average Bonchev–Trinajstić information content (AvgIpc) is 2.90. The van der Waals surface area contributed by atoms with Crippen molar-refractivity contribution in [2.75, 3.05) is 18.5 Å². The molecular formula is C13H13N5O. The van der Waals surface area contributed by atoms with E-state index in [-0.39, 0.29) is 6.61 Å². The Hall–Kier alpha value is -2.47. The first-order valence-corrected chi connectivity index (χ1v) is 5.99. The van der Waals surface area contributed by atoms with Gasteiger partial charge in [-0.15, -0.1) is 10.2 Å². The van der Waals surface area contributed by atoms with E-state index in [2.05, 4.69) is 20.5 Å². The number of aromatic nitrogens is 4. The monoisotopic (exact) mass is 255 g/mol. The molecule has 0 fully saturated rings. The number of anilines is 1. The fraction of sp³-hybridized carbons (Fsp3) is 0.154. The average molecular weight is 255 g/mol. The number of nitrogens with one attached hydrogen (secondary N) is 1. The third kappa shape index (κ3) is 2.25. The van der Waals surface area contributed by atoms with Crippen LogP contribution >= 0.6 is 0 Å². The van der Waals surface area contributed by atoms with Crippen LogP contribution in [0.5, 0.6) is 0 Å². The van der Waals surface area contributed by atoms with E-state index in [1.54, 1.807) is 6.20 Å². The van der Waals surface area contributed by atoms with E-state index in [9.17, 15) is 0 Å². The second-order valence-electron chi connectivity index (χ2n) is 4.04. The molecule has 2 aromatic heterocycles. The number of hydrogen-bond acceptors (Lipinski definition) is 5. The molecule has 0 aliphatic carbocycles. The fourth-order valence-electron chi connectivity index (χ4n) is 1.88. The number of rotatable bonds is 4. The van der Waals surface area contributed by atoms with Crippen molar-refractivity contribution in [1.82, 2.24) is 19.6 Å². The van der Waals surface area contributed by atoms with E-state index >= 15 is 0 Å². The molecule has 19 heavy (non-hydrogen) atoms. The van der Waals surface area contributed by atoms with Gasteiger partial charge in [-0.25, -0.2) is 4.98 Å². The summed E-state index contributed by atoms with van der Waals surface area (Å²) in [4.78, 5) is 4.13. The van der Waals surface area contributed by atoms with Gasteiger partial charge >= 0.3 is 0 Å². The Morgan fingerprint density at radius 3 is 2.79 bits per heavy atom. The van der Waals surface area contributed by atoms with Gasteiger partial charge in [-0.1, -0.05) is 0 Å². The second kappa shape index (κ2) is 5.03. The Bertz CT molecular complexity index is 677. The third-order valence-electron chi connectivity index (χ3n) is 2.77. The molecule has 0 saturated carbocycles. The van der Waals surface area contributed by atoms with Gasteiger partial charge < -0.3 is 10.4 Å². The summed E-state index contributed by atoms with van der Waals surface area (Å²) in [5, 5.41) is 20.0. The smallest absolute Gasteiger partial charge is 0.255 e. The summed E-state index contributed by atoms with van der Waals surface area (Å²) in [5.41, 5.74) is 1.93. The Morgan fingerprint density at radius 1 is 1.16 bits per heavy atom. The Balaban J connectivity index is 1.93. The molecule has 2 N–H and O–H groups in total. The van der Waals surface area contributed by atoms with E-state index in [4.69, 9.17) is 5.11 Å². The van der Waals surface area contributed by atoms with Gasteiger partial charge in [0.1, 0.15) is 0 Å². The first kappa shape index (κ1) is 11.6. The van der Waals surface area contributed by atoms with Crippen molar-refractivity contribution in [3.8, 4) is 11.4 Å². The van der Waals surface area contributed by atoms with Gasteiger partial charge in [-0.3, -0.25) is 4.40 Å². The molecule has 96 valence electrons. The number of nitrogens with zero attached hydrogens (tertiary/aromatic N) is 4. The normalized spacial score (nSPS) is 10.8. The van der Waals surface area contributed by atoms with E-state index < -0.39 is 0 Å². The van der Waals surface area contributed by atoms with Gasteiger partial charge in [0.25, 0.3) is 5.78 Å². The van der Waals surface area contributed by atoms with Gasteiger partial charge in [-0.05, 0) is 30.3 Å². The Morgan fingerprint density at radius 2 is 2.00 bits per heavy atom. The SMILES string of the molecule is OCCNc1ccc(-c2nnc3ncccn23)cc1. The third-order valence-corrected chi connectivity index (χ3v) is 2.77. The molecule has 0 unspecified atom stereocenters. The maximum Gasteiger partial charge on any atom is 0.255 e. The molecule has 3 aromatic rings. The van der Waals surface area contributed by atoms with Crippen molar-refractivity contribution in [3.63, 3.8) is 0 Å². The van der Waals surface area contributed by atoms with Gasteiger partial charge in [0.05, 0.1) is 6.61 Å². The quantitative estimate of drug-likeness (QED) is 0.732. The summed E-state index contributed by atoms with van der Waals surface area (Å²) in [6.07, 6.45) is 3.57. The molecule has 0 saturated heterocycles. The minimum atomic E-state index is 0.113. The summed E-state index contributed by atoms with van der Waals surface area (Å²) < 4.78 is 1.84. The number of aliphatic hydroxyl groups is 1. The van der Waals surface area contributed by atoms with Gasteiger partial charge in [0, 0.05) is 30.2 Å². The standard InChI is InChI=1S/C13H13N5O/c19-9-7-14-11-4-2-10(3-5-11)12-16-17-13-15-6-1-8-18(12)13/h1-6,8,14,19H,7,9H2. The van der Waals surface area contributed by atoms with Crippen LogP contribution in [0.15, 0.2) is 42.7 Å². The molecular weight excluding hydrogens is 242 g/mol. The van der Waals surface area contributed by atoms with Crippen LogP contribution < -0.4 is 5.32 Å². The van der Waals surface area contributed by atoms with Crippen molar-refractivity contribution in [2.45, 2.75) is 0 Å². The van der Waals surface area contributed by atoms with Gasteiger partial charge in [0.15, 0.2) is 5.82 Å². The van der Waals surface area contributed by atoms with Crippen molar-refractivity contribution >= 4 is 11.5 Å². The molecule has 0 atom stereocenters. The maximum atomic E-state index is 8.76. The molecule has 6 heteroatoms. The predicted octanol–water partition coefficient (Wildman–Crippen LogP) is 1.20. The highest BCUT2D eigenvalue weighted by Crippen LogP contribution is 2.19. The molecule has 0 aliphatic rings. The predicted molar refractivity (Wildman–Crippen MR) is 71.8 cm³/mol. The zero-order chi connectivity index (χ0) is 13.1. The molecule has 3 rings (SSSR count). The highest BCUT2D eigenvalue weighted by molar-refractivity contribution is 5.61. The summed E-state index contributed by atoms with van der Waals surface area (Å²) >= 11 is 0. The van der Waals surface area contributed by atoms with Gasteiger partial charge in [-0.2, -0.15) is 0 Å². The van der Waals surface area contributed by atoms with Crippen LogP contribution in [0.25, 0.3) is 17.2 Å². The Kier molecular flexibility index (Phi) is 3.07. The maximum absolute atomic E-state index is 8.76. The summed E-state index contributed by atoms with van der Waals surface area (Å²) in [5.74, 6) is 1.34. The zero-order valence-electron chi connectivity index (χ0n) is 10.2. The van der Waals surface area contributed by atoms with Crippen LogP contribution in [-0.4, -0.2) is 37.8 Å². The highest BCUT2D eigenvalue weighted by atomic mass is 16.3. The van der Waals surface area contributed by atoms with Crippen LogP contribution in [0.3, 0.4) is 0 Å². The van der Waals surface area contributed by atoms with Crippen LogP contribution in [0.4, 0.5) is 5.69 Å². The summed E-state index contributed by atoms with van der Waals surface area (Å²) in [6, 6.07) is 9.66. The van der Waals surface area contributed by atoms with E-state index in [1.807, 2.05) is 40.9 Å². The molecule has 2 heterocycles. The van der Waals surface area contributed by atoms with Crippen molar-refractivity contribution in [3.05, 3.63) is 42.7 Å². The number of fused-ring (bicyclic) bond motifs is 1. The summed E-state index contributed by atoms with van der Waals surface area (Å²) in [7, 11) is 0. The number of hydrogen-bond donors (Lipinski definition) is 2. The second-order valence-corrected chi connectivity index (χ2v) is 4.04. The van der Waals surface area contributed by atoms with Crippen molar-refractivity contribution in [1.29, 1.82) is 0 Å². The van der Waals surface area contributed by atoms with E-state index in [1.165, 1.54) is 0 Å². The molecule has 0 spiro atoms. The lowest BCUT2D eigenvalue weighted by molar-refractivity contribution is 0.311. The summed E-state index contributed by atoms with van der Waals surface area (Å²) in [6.45, 7) is 0.652. The topological polar surface area (TPSA) is 75.3 Å². The first-order chi connectivity index (χ1) is 9.38. The molecule has 0 aliphatic heterocycles. The molecule has 0 bridgehead atoms. The van der Waals surface area contributed by atoms with Crippen LogP contribution in [-0.2, 0) is 0 Å². The van der Waals surface area contributed by atoms with Gasteiger partial charge in [0.2, 0.25) is 0 Å². The zero-order valence-corrected chi connectivity index (χ0v) is 10.2. The minimum Gasteiger partial charge on any atom is -0.395 e. The molecule has 0 amide bonds. The van der Waals surface area contributed by atoms with E-state index in [0.717, 1.165) is 17.1 Å².